The summed E-state index contributed by atoms with van der Waals surface area (Å²) in [5, 5.41) is 9.06. The monoisotopic (exact) mass is 717 g/mol. The maximum atomic E-state index is 14.7. The predicted molar refractivity (Wildman–Crippen MR) is 190 cm³/mol. The van der Waals surface area contributed by atoms with E-state index < -0.39 is 46.7 Å². The Bertz CT molecular complexity index is 1870. The Morgan fingerprint density at radius 2 is 1.71 bits per heavy atom. The van der Waals surface area contributed by atoms with E-state index in [0.717, 1.165) is 42.9 Å². The van der Waals surface area contributed by atoms with E-state index in [4.69, 9.17) is 22.1 Å². The molecule has 0 spiro atoms. The molecule has 3 heterocycles. The van der Waals surface area contributed by atoms with Crippen molar-refractivity contribution in [2.75, 3.05) is 19.8 Å². The van der Waals surface area contributed by atoms with Crippen LogP contribution in [0.2, 0.25) is 5.15 Å². The second-order valence-corrected chi connectivity index (χ2v) is 14.6. The molecule has 2 aliphatic heterocycles. The van der Waals surface area contributed by atoms with Crippen LogP contribution in [0.25, 0.3) is 10.8 Å². The Morgan fingerprint density at radius 3 is 2.43 bits per heavy atom. The van der Waals surface area contributed by atoms with Gasteiger partial charge in [-0.05, 0) is 41.7 Å². The van der Waals surface area contributed by atoms with Gasteiger partial charge in [0, 0.05) is 63.0 Å². The number of amides is 3. The Labute approximate surface area is 301 Å². The lowest BCUT2D eigenvalue weighted by Gasteiger charge is -2.37. The van der Waals surface area contributed by atoms with Crippen molar-refractivity contribution in [3.8, 4) is 0 Å². The second-order valence-electron chi connectivity index (χ2n) is 14.2. The normalized spacial score (nSPS) is 21.2. The molecule has 0 unspecified atom stereocenters. The van der Waals surface area contributed by atoms with Gasteiger partial charge in [-0.25, -0.2) is 4.68 Å². The molecule has 6 rings (SSSR count). The minimum Gasteiger partial charge on any atom is -0.381 e. The van der Waals surface area contributed by atoms with E-state index in [2.05, 4.69) is 10.4 Å². The highest BCUT2D eigenvalue weighted by Crippen LogP contribution is 2.35. The van der Waals surface area contributed by atoms with Crippen LogP contribution in [0, 0.1) is 11.8 Å². The van der Waals surface area contributed by atoms with Crippen molar-refractivity contribution < 1.29 is 28.7 Å². The van der Waals surface area contributed by atoms with E-state index in [0.29, 0.717) is 17.9 Å². The molecule has 1 saturated carbocycles. The number of benzene rings is 2. The molecule has 3 fully saturated rings. The molecule has 51 heavy (non-hydrogen) atoms. The summed E-state index contributed by atoms with van der Waals surface area (Å²) in [7, 11) is 0. The Morgan fingerprint density at radius 1 is 0.980 bits per heavy atom. The quantitative estimate of drug-likeness (QED) is 0.208. The third kappa shape index (κ3) is 8.23. The number of nitrogens with zero attached hydrogens (tertiary/aromatic N) is 3. The summed E-state index contributed by atoms with van der Waals surface area (Å²) in [6.07, 6.45) is 6.35. The zero-order valence-corrected chi connectivity index (χ0v) is 29.3. The molecule has 3 amide bonds. The van der Waals surface area contributed by atoms with Gasteiger partial charge in [-0.3, -0.25) is 28.8 Å². The van der Waals surface area contributed by atoms with Crippen LogP contribution < -0.4 is 16.6 Å². The van der Waals surface area contributed by atoms with Crippen LogP contribution in [0.1, 0.15) is 87.0 Å². The molecule has 3 aromatic rings. The molecule has 0 radical (unpaired) electrons. The molecule has 3 atom stereocenters. The van der Waals surface area contributed by atoms with Crippen LogP contribution in [0.3, 0.4) is 0 Å². The number of rotatable bonds is 12. The molecule has 3 aliphatic rings. The first kappa shape index (κ1) is 36.4. The highest BCUT2D eigenvalue weighted by Gasteiger charge is 2.49. The number of halogens is 1. The average Bonchev–Trinajstić information content (AvgIpc) is 3.60. The van der Waals surface area contributed by atoms with Crippen molar-refractivity contribution in [2.24, 2.45) is 17.6 Å². The fourth-order valence-electron chi connectivity index (χ4n) is 8.04. The number of ether oxygens (including phenoxy) is 1. The number of primary amides is 1. The summed E-state index contributed by atoms with van der Waals surface area (Å²) in [5.74, 6) is -3.38. The van der Waals surface area contributed by atoms with Gasteiger partial charge in [0.05, 0.1) is 6.04 Å². The van der Waals surface area contributed by atoms with E-state index >= 15 is 0 Å². The van der Waals surface area contributed by atoms with Gasteiger partial charge in [0.15, 0.2) is 5.78 Å². The van der Waals surface area contributed by atoms with Crippen molar-refractivity contribution in [1.82, 2.24) is 20.0 Å². The number of nitrogens with two attached hydrogens (primary N) is 1. The number of Topliss-reactive ketones (excluding diaryl/α,β-unsaturated/α-hetero) is 2. The van der Waals surface area contributed by atoms with Crippen LogP contribution in [0.4, 0.5) is 0 Å². The standard InChI is InChI=1S/C38H44ClN5O7/c39-32-14-15-33(46)44(42-32)29-22-30(36(49)41-38(34(47)35(40)48)16-18-51-19-17-38)43(23-29)37(50)28(20-24-6-2-1-3-7-24)12-13-31(45)27-11-10-25-8-4-5-9-26(25)21-27/h4-5,8-11,14-15,21,24,28-30H,1-3,6-7,12-13,16-20,22-23H2,(H2,40,48)(H,41,49)/t28-,29+,30+/m1/s1. The van der Waals surface area contributed by atoms with Crippen molar-refractivity contribution in [3.63, 3.8) is 0 Å². The molecular weight excluding hydrogens is 674 g/mol. The van der Waals surface area contributed by atoms with Gasteiger partial charge in [0.25, 0.3) is 11.5 Å². The number of hydrogen-bond donors (Lipinski definition) is 2. The fourth-order valence-corrected chi connectivity index (χ4v) is 8.19. The molecule has 1 aliphatic carbocycles. The summed E-state index contributed by atoms with van der Waals surface area (Å²) in [6.45, 7) is 0.251. The molecule has 270 valence electrons. The van der Waals surface area contributed by atoms with Crippen molar-refractivity contribution in [3.05, 3.63) is 75.7 Å². The number of carbonyl (C=O) groups is 5. The minimum atomic E-state index is -1.58. The van der Waals surface area contributed by atoms with Crippen LogP contribution in [-0.2, 0) is 23.9 Å². The number of aromatic nitrogens is 2. The Kier molecular flexibility index (Phi) is 11.3. The lowest BCUT2D eigenvalue weighted by molar-refractivity contribution is -0.147. The molecule has 13 heteroatoms. The maximum absolute atomic E-state index is 14.7. The van der Waals surface area contributed by atoms with E-state index in [1.54, 1.807) is 0 Å². The lowest BCUT2D eigenvalue weighted by Crippen LogP contribution is -2.63. The van der Waals surface area contributed by atoms with Gasteiger partial charge >= 0.3 is 0 Å². The number of hydrogen-bond acceptors (Lipinski definition) is 8. The minimum absolute atomic E-state index is 0.0101. The number of likely N-dealkylation sites (tertiary alicyclic amines) is 1. The van der Waals surface area contributed by atoms with Gasteiger partial charge in [-0.15, -0.1) is 0 Å². The van der Waals surface area contributed by atoms with E-state index in [9.17, 15) is 28.8 Å². The highest BCUT2D eigenvalue weighted by atomic mass is 35.5. The highest BCUT2D eigenvalue weighted by molar-refractivity contribution is 6.39. The lowest BCUT2D eigenvalue weighted by atomic mass is 9.80. The average molecular weight is 718 g/mol. The predicted octanol–water partition coefficient (Wildman–Crippen LogP) is 4.16. The van der Waals surface area contributed by atoms with Gasteiger partial charge in [0.1, 0.15) is 16.7 Å². The molecular formula is C38H44ClN5O7. The van der Waals surface area contributed by atoms with Crippen molar-refractivity contribution in [2.45, 2.75) is 88.3 Å². The molecule has 1 aromatic heterocycles. The van der Waals surface area contributed by atoms with Gasteiger partial charge in [0.2, 0.25) is 17.6 Å². The topological polar surface area (TPSA) is 171 Å². The van der Waals surface area contributed by atoms with Crippen LogP contribution in [-0.4, -0.2) is 75.3 Å². The summed E-state index contributed by atoms with van der Waals surface area (Å²) >= 11 is 6.16. The van der Waals surface area contributed by atoms with E-state index in [1.807, 2.05) is 42.5 Å². The summed E-state index contributed by atoms with van der Waals surface area (Å²) < 4.78 is 6.61. The molecule has 0 bridgehead atoms. The van der Waals surface area contributed by atoms with Gasteiger partial charge < -0.3 is 20.7 Å². The Hall–Kier alpha value is -4.42. The third-order valence-corrected chi connectivity index (χ3v) is 11.1. The first-order valence-corrected chi connectivity index (χ1v) is 18.2. The van der Waals surface area contributed by atoms with Gasteiger partial charge in [-0.1, -0.05) is 80.1 Å². The molecule has 3 N–H and O–H groups in total. The van der Waals surface area contributed by atoms with E-state index in [-0.39, 0.29) is 68.7 Å². The smallest absolute Gasteiger partial charge is 0.287 e. The zero-order valence-electron chi connectivity index (χ0n) is 28.6. The molecule has 12 nitrogen and oxygen atoms in total. The zero-order chi connectivity index (χ0) is 36.1. The van der Waals surface area contributed by atoms with Crippen LogP contribution >= 0.6 is 11.6 Å². The number of nitrogens with one attached hydrogen (secondary N) is 1. The van der Waals surface area contributed by atoms with Crippen LogP contribution in [0.5, 0.6) is 0 Å². The first-order chi connectivity index (χ1) is 24.5. The number of fused-ring (bicyclic) bond motifs is 1. The van der Waals surface area contributed by atoms with E-state index in [1.165, 1.54) is 21.7 Å². The van der Waals surface area contributed by atoms with Crippen LogP contribution in [0.15, 0.2) is 59.4 Å². The first-order valence-electron chi connectivity index (χ1n) is 17.9. The fraction of sp³-hybridized carbons (Fsp3) is 0.500. The molecule has 2 saturated heterocycles. The Balaban J connectivity index is 1.29. The van der Waals surface area contributed by atoms with Gasteiger partial charge in [-0.2, -0.15) is 5.10 Å². The maximum Gasteiger partial charge on any atom is 0.287 e. The molecule has 2 aromatic carbocycles. The summed E-state index contributed by atoms with van der Waals surface area (Å²) in [5.41, 5.74) is 3.96. The third-order valence-electron chi connectivity index (χ3n) is 10.9. The SMILES string of the molecule is NC(=O)C(=O)C1(NC(=O)[C@@H]2C[C@H](n3nc(Cl)ccc3=O)CN2C(=O)[C@H](CCC(=O)c2ccc3ccccc3c2)CC2CCCCC2)CCOCC1. The summed E-state index contributed by atoms with van der Waals surface area (Å²) in [6, 6.07) is 14.3. The summed E-state index contributed by atoms with van der Waals surface area (Å²) in [4.78, 5) is 82.1. The number of carbonyl (C=O) groups excluding carboxylic acids is 5. The second kappa shape index (κ2) is 15.9. The van der Waals surface area contributed by atoms with Crippen molar-refractivity contribution >= 4 is 51.7 Å². The largest absolute Gasteiger partial charge is 0.381 e. The van der Waals surface area contributed by atoms with Crippen molar-refractivity contribution in [1.29, 1.82) is 0 Å². The number of ketones is 2.